The van der Waals surface area contributed by atoms with Crippen molar-refractivity contribution >= 4 is 23.0 Å². The van der Waals surface area contributed by atoms with Gasteiger partial charge in [0.05, 0.1) is 11.8 Å². The van der Waals surface area contributed by atoms with Crippen LogP contribution in [-0.4, -0.2) is 5.91 Å². The summed E-state index contributed by atoms with van der Waals surface area (Å²) < 4.78 is 5.27. The summed E-state index contributed by atoms with van der Waals surface area (Å²) in [6.07, 6.45) is 1.59. The van der Waals surface area contributed by atoms with Gasteiger partial charge in [-0.05, 0) is 50.2 Å². The van der Waals surface area contributed by atoms with Crippen molar-refractivity contribution in [3.8, 4) is 0 Å². The third kappa shape index (κ3) is 3.43. The molecule has 0 unspecified atom stereocenters. The number of hydrogen-bond acceptors (Lipinski definition) is 3. The maximum Gasteiger partial charge on any atom is 0.259 e. The van der Waals surface area contributed by atoms with Gasteiger partial charge in [-0.1, -0.05) is 18.2 Å². The van der Waals surface area contributed by atoms with Crippen molar-refractivity contribution in [3.63, 3.8) is 0 Å². The van der Waals surface area contributed by atoms with Crippen LogP contribution in [0, 0.1) is 13.8 Å². The number of anilines is 3. The minimum Gasteiger partial charge on any atom is -0.469 e. The Hall–Kier alpha value is -3.01. The molecule has 0 bridgehead atoms. The molecule has 2 N–H and O–H groups in total. The van der Waals surface area contributed by atoms with Crippen molar-refractivity contribution in [1.29, 1.82) is 0 Å². The highest BCUT2D eigenvalue weighted by molar-refractivity contribution is 6.06. The van der Waals surface area contributed by atoms with Gasteiger partial charge in [0.15, 0.2) is 0 Å². The quantitative estimate of drug-likeness (QED) is 0.721. The summed E-state index contributed by atoms with van der Waals surface area (Å²) in [7, 11) is 0. The minimum atomic E-state index is -0.155. The number of para-hydroxylation sites is 1. The molecule has 2 aromatic carbocycles. The number of furan rings is 1. The molecule has 0 saturated carbocycles. The summed E-state index contributed by atoms with van der Waals surface area (Å²) in [5.74, 6) is 0.472. The van der Waals surface area contributed by atoms with Crippen LogP contribution in [0.1, 0.15) is 21.7 Å². The molecule has 1 amide bonds. The second-order valence-corrected chi connectivity index (χ2v) is 5.37. The number of amides is 1. The number of nitrogens with one attached hydrogen (secondary N) is 2. The molecular formula is C19H18N2O2. The van der Waals surface area contributed by atoms with Gasteiger partial charge in [-0.15, -0.1) is 0 Å². The van der Waals surface area contributed by atoms with E-state index < -0.39 is 0 Å². The zero-order chi connectivity index (χ0) is 16.2. The molecule has 4 nitrogen and oxygen atoms in total. The van der Waals surface area contributed by atoms with Crippen molar-refractivity contribution < 1.29 is 9.21 Å². The highest BCUT2D eigenvalue weighted by Crippen LogP contribution is 2.21. The normalized spacial score (nSPS) is 10.3. The first-order chi connectivity index (χ1) is 11.1. The van der Waals surface area contributed by atoms with Gasteiger partial charge in [0.2, 0.25) is 0 Å². The van der Waals surface area contributed by atoms with Crippen molar-refractivity contribution in [2.75, 3.05) is 10.6 Å². The van der Waals surface area contributed by atoms with Gasteiger partial charge < -0.3 is 15.1 Å². The Labute approximate surface area is 135 Å². The average Bonchev–Trinajstić information content (AvgIpc) is 2.89. The number of carbonyl (C=O) groups is 1. The van der Waals surface area contributed by atoms with Crippen molar-refractivity contribution in [3.05, 3.63) is 77.7 Å². The summed E-state index contributed by atoms with van der Waals surface area (Å²) in [4.78, 5) is 12.3. The zero-order valence-corrected chi connectivity index (χ0v) is 13.1. The Morgan fingerprint density at radius 2 is 1.48 bits per heavy atom. The predicted molar refractivity (Wildman–Crippen MR) is 92.3 cm³/mol. The molecule has 1 aromatic heterocycles. The van der Waals surface area contributed by atoms with Gasteiger partial charge in [-0.2, -0.15) is 0 Å². The molecule has 4 heteroatoms. The lowest BCUT2D eigenvalue weighted by Crippen LogP contribution is -2.13. The third-order valence-corrected chi connectivity index (χ3v) is 3.59. The molecule has 0 aliphatic rings. The Morgan fingerprint density at radius 1 is 0.870 bits per heavy atom. The topological polar surface area (TPSA) is 54.3 Å². The van der Waals surface area contributed by atoms with Crippen molar-refractivity contribution in [2.24, 2.45) is 0 Å². The van der Waals surface area contributed by atoms with Gasteiger partial charge in [0.1, 0.15) is 5.76 Å². The molecule has 3 rings (SSSR count). The fourth-order valence-electron chi connectivity index (χ4n) is 2.43. The van der Waals surface area contributed by atoms with E-state index in [4.69, 9.17) is 4.42 Å². The first-order valence-corrected chi connectivity index (χ1v) is 7.41. The maximum absolute atomic E-state index is 12.3. The third-order valence-electron chi connectivity index (χ3n) is 3.59. The molecule has 0 saturated heterocycles. The van der Waals surface area contributed by atoms with E-state index >= 15 is 0 Å². The van der Waals surface area contributed by atoms with Crippen LogP contribution in [0.5, 0.6) is 0 Å². The first-order valence-electron chi connectivity index (χ1n) is 7.41. The fraction of sp³-hybridized carbons (Fsp3) is 0.105. The van der Waals surface area contributed by atoms with Gasteiger partial charge in [-0.25, -0.2) is 0 Å². The van der Waals surface area contributed by atoms with Crippen LogP contribution in [0.2, 0.25) is 0 Å². The van der Waals surface area contributed by atoms with Crippen LogP contribution >= 0.6 is 0 Å². The molecule has 0 aliphatic carbocycles. The number of hydrogen-bond donors (Lipinski definition) is 2. The molecule has 0 radical (unpaired) electrons. The molecule has 116 valence electrons. The molecule has 1 heterocycles. The van der Waals surface area contributed by atoms with Crippen LogP contribution in [0.3, 0.4) is 0 Å². The van der Waals surface area contributed by atoms with Crippen molar-refractivity contribution in [1.82, 2.24) is 0 Å². The second kappa shape index (κ2) is 6.40. The van der Waals surface area contributed by atoms with Gasteiger partial charge in [0.25, 0.3) is 5.91 Å². The number of aryl methyl sites for hydroxylation is 2. The number of carbonyl (C=O) groups excluding carboxylic acids is 1. The molecule has 0 spiro atoms. The van der Waals surface area contributed by atoms with Crippen LogP contribution in [-0.2, 0) is 0 Å². The lowest BCUT2D eigenvalue weighted by atomic mass is 10.1. The average molecular weight is 306 g/mol. The van der Waals surface area contributed by atoms with E-state index in [1.54, 1.807) is 13.2 Å². The van der Waals surface area contributed by atoms with Crippen molar-refractivity contribution in [2.45, 2.75) is 13.8 Å². The summed E-state index contributed by atoms with van der Waals surface area (Å²) in [5, 5.41) is 6.19. The Kier molecular flexibility index (Phi) is 4.15. The van der Waals surface area contributed by atoms with E-state index in [-0.39, 0.29) is 5.91 Å². The smallest absolute Gasteiger partial charge is 0.259 e. The van der Waals surface area contributed by atoms with E-state index in [0.717, 1.165) is 22.6 Å². The Balaban J connectivity index is 1.69. The number of benzene rings is 2. The zero-order valence-electron chi connectivity index (χ0n) is 13.1. The highest BCUT2D eigenvalue weighted by atomic mass is 16.3. The van der Waals surface area contributed by atoms with E-state index in [0.29, 0.717) is 11.3 Å². The van der Waals surface area contributed by atoms with E-state index in [1.807, 2.05) is 61.5 Å². The standard InChI is InChI=1S/C19H18N2O2/c1-13-12-23-14(2)18(13)19(22)21-17-10-8-16(9-11-17)20-15-6-4-3-5-7-15/h3-12,20H,1-2H3,(H,21,22). The highest BCUT2D eigenvalue weighted by Gasteiger charge is 2.15. The monoisotopic (exact) mass is 306 g/mol. The van der Waals surface area contributed by atoms with Gasteiger partial charge >= 0.3 is 0 Å². The molecule has 23 heavy (non-hydrogen) atoms. The van der Waals surface area contributed by atoms with E-state index in [1.165, 1.54) is 0 Å². The Morgan fingerprint density at radius 3 is 2.09 bits per heavy atom. The van der Waals surface area contributed by atoms with E-state index in [2.05, 4.69) is 10.6 Å². The first kappa shape index (κ1) is 14.9. The number of rotatable bonds is 4. The second-order valence-electron chi connectivity index (χ2n) is 5.37. The molecular weight excluding hydrogens is 288 g/mol. The maximum atomic E-state index is 12.3. The van der Waals surface area contributed by atoms with Crippen LogP contribution in [0.4, 0.5) is 17.1 Å². The summed E-state index contributed by atoms with van der Waals surface area (Å²) in [6.45, 7) is 3.65. The lowest BCUT2D eigenvalue weighted by Gasteiger charge is -2.09. The van der Waals surface area contributed by atoms with Crippen LogP contribution in [0.15, 0.2) is 65.3 Å². The molecule has 3 aromatic rings. The van der Waals surface area contributed by atoms with Crippen LogP contribution < -0.4 is 10.6 Å². The summed E-state index contributed by atoms with van der Waals surface area (Å²) >= 11 is 0. The minimum absolute atomic E-state index is 0.155. The lowest BCUT2D eigenvalue weighted by molar-refractivity contribution is 0.102. The van der Waals surface area contributed by atoms with E-state index in [9.17, 15) is 4.79 Å². The van der Waals surface area contributed by atoms with Crippen LogP contribution in [0.25, 0.3) is 0 Å². The molecule has 0 aliphatic heterocycles. The predicted octanol–water partition coefficient (Wildman–Crippen LogP) is 4.89. The van der Waals surface area contributed by atoms with Gasteiger partial charge in [0, 0.05) is 22.6 Å². The molecule has 0 atom stereocenters. The SMILES string of the molecule is Cc1coc(C)c1C(=O)Nc1ccc(Nc2ccccc2)cc1. The van der Waals surface area contributed by atoms with Gasteiger partial charge in [-0.3, -0.25) is 4.79 Å². The largest absolute Gasteiger partial charge is 0.469 e. The fourth-order valence-corrected chi connectivity index (χ4v) is 2.43. The summed E-state index contributed by atoms with van der Waals surface area (Å²) in [5.41, 5.74) is 4.16. The Bertz CT molecular complexity index is 786. The molecule has 0 fully saturated rings. The summed E-state index contributed by atoms with van der Waals surface area (Å²) in [6, 6.07) is 17.5.